The number of hydrogen-bond donors (Lipinski definition) is 1. The Hall–Kier alpha value is -0.770. The maximum atomic E-state index is 5.84. The van der Waals surface area contributed by atoms with Crippen LogP contribution in [0, 0.1) is 6.92 Å². The number of nitrogens with two attached hydrogens (primary N) is 1. The van der Waals surface area contributed by atoms with Gasteiger partial charge >= 0.3 is 0 Å². The lowest BCUT2D eigenvalue weighted by molar-refractivity contribution is 0.942. The largest absolute Gasteiger partial charge is 0.329 e. The molecule has 0 radical (unpaired) electrons. The molecule has 1 heterocycles. The second kappa shape index (κ2) is 5.53. The van der Waals surface area contributed by atoms with E-state index < -0.39 is 0 Å². The van der Waals surface area contributed by atoms with Crippen LogP contribution < -0.4 is 5.73 Å². The maximum Gasteiger partial charge on any atom is 0.0604 e. The summed E-state index contributed by atoms with van der Waals surface area (Å²) in [6, 6.07) is 12.9. The zero-order valence-corrected chi connectivity index (χ0v) is 10.9. The topological polar surface area (TPSA) is 26.0 Å². The summed E-state index contributed by atoms with van der Waals surface area (Å²) in [5.74, 6) is 0. The number of benzene rings is 1. The van der Waals surface area contributed by atoms with Crippen LogP contribution in [0.5, 0.6) is 0 Å². The highest BCUT2D eigenvalue weighted by Gasteiger charge is 2.11. The second-order valence-corrected chi connectivity index (χ2v) is 6.14. The van der Waals surface area contributed by atoms with Gasteiger partial charge in [0.25, 0.3) is 0 Å². The minimum Gasteiger partial charge on any atom is -0.329 e. The van der Waals surface area contributed by atoms with Gasteiger partial charge in [-0.25, -0.2) is 0 Å². The molecule has 84 valence electrons. The van der Waals surface area contributed by atoms with Crippen LogP contribution in [0.3, 0.4) is 0 Å². The van der Waals surface area contributed by atoms with Crippen LogP contribution in [0.2, 0.25) is 0 Å². The van der Waals surface area contributed by atoms with E-state index in [1.807, 2.05) is 11.8 Å². The Morgan fingerprint density at radius 1 is 1.25 bits per heavy atom. The predicted molar refractivity (Wildman–Crippen MR) is 73.2 cm³/mol. The molecular weight excluding hydrogens is 234 g/mol. The van der Waals surface area contributed by atoms with Gasteiger partial charge in [0, 0.05) is 11.8 Å². The van der Waals surface area contributed by atoms with Crippen molar-refractivity contribution in [3.05, 3.63) is 52.9 Å². The number of rotatable bonds is 4. The summed E-state index contributed by atoms with van der Waals surface area (Å²) in [5, 5.41) is 2.46. The van der Waals surface area contributed by atoms with Crippen LogP contribution in [0.25, 0.3) is 0 Å². The summed E-state index contributed by atoms with van der Waals surface area (Å²) >= 11 is 3.62. The Labute approximate surface area is 105 Å². The molecule has 1 unspecified atom stereocenters. The van der Waals surface area contributed by atoms with E-state index in [1.54, 1.807) is 11.3 Å². The molecule has 0 fully saturated rings. The minimum atomic E-state index is 0.360. The van der Waals surface area contributed by atoms with Gasteiger partial charge in [-0.15, -0.1) is 23.1 Å². The molecule has 0 aliphatic carbocycles. The van der Waals surface area contributed by atoms with Crippen molar-refractivity contribution in [1.29, 1.82) is 0 Å². The van der Waals surface area contributed by atoms with Crippen LogP contribution in [0.1, 0.15) is 16.4 Å². The molecule has 1 aromatic heterocycles. The van der Waals surface area contributed by atoms with Gasteiger partial charge in [0.1, 0.15) is 0 Å². The summed E-state index contributed by atoms with van der Waals surface area (Å²) in [4.78, 5) is 0. The van der Waals surface area contributed by atoms with Gasteiger partial charge in [-0.3, -0.25) is 0 Å². The van der Waals surface area contributed by atoms with Gasteiger partial charge in [-0.1, -0.05) is 35.9 Å². The molecule has 0 aliphatic heterocycles. The first-order valence-corrected chi connectivity index (χ1v) is 7.02. The number of thioether (sulfide) groups is 1. The summed E-state index contributed by atoms with van der Waals surface area (Å²) in [5.41, 5.74) is 8.45. The van der Waals surface area contributed by atoms with Crippen LogP contribution in [0.4, 0.5) is 0 Å². The van der Waals surface area contributed by atoms with E-state index in [0.717, 1.165) is 0 Å². The molecule has 2 N–H and O–H groups in total. The summed E-state index contributed by atoms with van der Waals surface area (Å²) in [7, 11) is 0. The van der Waals surface area contributed by atoms with Crippen LogP contribution in [-0.2, 0) is 0 Å². The van der Waals surface area contributed by atoms with Crippen molar-refractivity contribution in [2.75, 3.05) is 6.54 Å². The molecule has 0 bridgehead atoms. The predicted octanol–water partition coefficient (Wildman–Crippen LogP) is 3.85. The average molecular weight is 249 g/mol. The zero-order chi connectivity index (χ0) is 11.4. The van der Waals surface area contributed by atoms with E-state index >= 15 is 0 Å². The SMILES string of the molecule is Cc1ccc(C(CN)Sc2cccs2)cc1. The molecule has 16 heavy (non-hydrogen) atoms. The molecule has 1 atom stereocenters. The number of hydrogen-bond acceptors (Lipinski definition) is 3. The lowest BCUT2D eigenvalue weighted by Crippen LogP contribution is -2.08. The first kappa shape index (κ1) is 11.7. The third kappa shape index (κ3) is 2.88. The highest BCUT2D eigenvalue weighted by molar-refractivity contribution is 8.01. The van der Waals surface area contributed by atoms with Crippen molar-refractivity contribution in [2.45, 2.75) is 16.4 Å². The average Bonchev–Trinajstić information content (AvgIpc) is 2.80. The Morgan fingerprint density at radius 2 is 2.00 bits per heavy atom. The summed E-state index contributed by atoms with van der Waals surface area (Å²) < 4.78 is 1.33. The van der Waals surface area contributed by atoms with Gasteiger partial charge in [0.05, 0.1) is 4.21 Å². The van der Waals surface area contributed by atoms with E-state index in [1.165, 1.54) is 15.3 Å². The fourth-order valence-electron chi connectivity index (χ4n) is 1.50. The second-order valence-electron chi connectivity index (χ2n) is 3.68. The van der Waals surface area contributed by atoms with Crippen molar-refractivity contribution in [1.82, 2.24) is 0 Å². The summed E-state index contributed by atoms with van der Waals surface area (Å²) in [6.45, 7) is 2.78. The number of thiophene rings is 1. The minimum absolute atomic E-state index is 0.360. The third-order valence-corrected chi connectivity index (χ3v) is 4.77. The highest BCUT2D eigenvalue weighted by atomic mass is 32.2. The quantitative estimate of drug-likeness (QED) is 0.833. The smallest absolute Gasteiger partial charge is 0.0604 e. The Morgan fingerprint density at radius 3 is 2.56 bits per heavy atom. The molecule has 1 aromatic carbocycles. The third-order valence-electron chi connectivity index (χ3n) is 2.42. The first-order valence-electron chi connectivity index (χ1n) is 5.26. The molecule has 0 amide bonds. The normalized spacial score (nSPS) is 12.6. The van der Waals surface area contributed by atoms with Crippen molar-refractivity contribution < 1.29 is 0 Å². The fourth-order valence-corrected chi connectivity index (χ4v) is 3.52. The molecule has 0 saturated heterocycles. The van der Waals surface area contributed by atoms with E-state index in [0.29, 0.717) is 11.8 Å². The maximum absolute atomic E-state index is 5.84. The van der Waals surface area contributed by atoms with Crippen molar-refractivity contribution in [2.24, 2.45) is 5.73 Å². The van der Waals surface area contributed by atoms with Crippen LogP contribution in [-0.4, -0.2) is 6.54 Å². The monoisotopic (exact) mass is 249 g/mol. The summed E-state index contributed by atoms with van der Waals surface area (Å²) in [6.07, 6.45) is 0. The van der Waals surface area contributed by atoms with E-state index in [-0.39, 0.29) is 0 Å². The Kier molecular flexibility index (Phi) is 4.04. The van der Waals surface area contributed by atoms with E-state index in [9.17, 15) is 0 Å². The van der Waals surface area contributed by atoms with Crippen LogP contribution >= 0.6 is 23.1 Å². The Balaban J connectivity index is 2.13. The lowest BCUT2D eigenvalue weighted by atomic mass is 10.1. The highest BCUT2D eigenvalue weighted by Crippen LogP contribution is 2.36. The molecule has 2 aromatic rings. The molecule has 0 saturated carbocycles. The van der Waals surface area contributed by atoms with Crippen molar-refractivity contribution in [3.8, 4) is 0 Å². The van der Waals surface area contributed by atoms with Gasteiger partial charge in [0.15, 0.2) is 0 Å². The molecule has 3 heteroatoms. The molecular formula is C13H15NS2. The van der Waals surface area contributed by atoms with Crippen LogP contribution in [0.15, 0.2) is 46.0 Å². The van der Waals surface area contributed by atoms with Crippen molar-refractivity contribution >= 4 is 23.1 Å². The lowest BCUT2D eigenvalue weighted by Gasteiger charge is -2.13. The van der Waals surface area contributed by atoms with Crippen molar-refractivity contribution in [3.63, 3.8) is 0 Å². The van der Waals surface area contributed by atoms with E-state index in [4.69, 9.17) is 5.73 Å². The zero-order valence-electron chi connectivity index (χ0n) is 9.22. The first-order chi connectivity index (χ1) is 7.79. The number of aryl methyl sites for hydroxylation is 1. The Bertz CT molecular complexity index is 420. The van der Waals surface area contributed by atoms with Gasteiger partial charge in [-0.05, 0) is 23.9 Å². The molecule has 0 spiro atoms. The van der Waals surface area contributed by atoms with Gasteiger partial charge in [-0.2, -0.15) is 0 Å². The van der Waals surface area contributed by atoms with Gasteiger partial charge < -0.3 is 5.73 Å². The standard InChI is InChI=1S/C13H15NS2/c1-10-4-6-11(7-5-10)12(9-14)16-13-3-2-8-15-13/h2-8,12H,9,14H2,1H3. The fraction of sp³-hybridized carbons (Fsp3) is 0.231. The van der Waals surface area contributed by atoms with Gasteiger partial charge in [0.2, 0.25) is 0 Å². The molecule has 2 rings (SSSR count). The molecule has 0 aliphatic rings. The molecule has 1 nitrogen and oxygen atoms in total. The van der Waals surface area contributed by atoms with E-state index in [2.05, 4.69) is 48.7 Å².